The van der Waals surface area contributed by atoms with Crippen LogP contribution in [0.2, 0.25) is 0 Å². The van der Waals surface area contributed by atoms with Crippen LogP contribution < -0.4 is 4.72 Å². The maximum Gasteiger partial charge on any atom is 0.347 e. The lowest BCUT2D eigenvalue weighted by atomic mass is 10.0. The molecule has 1 heterocycles. The van der Waals surface area contributed by atoms with Crippen LogP contribution in [0.3, 0.4) is 0 Å². The molecule has 0 aromatic carbocycles. The van der Waals surface area contributed by atoms with Crippen molar-refractivity contribution < 1.29 is 23.4 Å². The number of aliphatic hydroxyl groups excluding tert-OH is 1. The number of sulfonamides is 1. The summed E-state index contributed by atoms with van der Waals surface area (Å²) < 4.78 is 27.0. The van der Waals surface area contributed by atoms with Crippen LogP contribution in [0.15, 0.2) is 16.3 Å². The fourth-order valence-corrected chi connectivity index (χ4v) is 5.06. The van der Waals surface area contributed by atoms with Crippen molar-refractivity contribution in [3.63, 3.8) is 0 Å². The molecule has 3 N–H and O–H groups in total. The summed E-state index contributed by atoms with van der Waals surface area (Å²) in [4.78, 5) is 10.5. The number of rotatable bonds is 5. The van der Waals surface area contributed by atoms with E-state index in [0.717, 1.165) is 24.2 Å². The van der Waals surface area contributed by atoms with Crippen LogP contribution in [0, 0.1) is 0 Å². The highest BCUT2D eigenvalue weighted by Gasteiger charge is 2.38. The van der Waals surface area contributed by atoms with Gasteiger partial charge in [0.1, 0.15) is 9.77 Å². The van der Waals surface area contributed by atoms with E-state index in [9.17, 15) is 18.3 Å². The third-order valence-corrected chi connectivity index (χ3v) is 5.98. The highest BCUT2D eigenvalue weighted by atomic mass is 32.2. The zero-order chi connectivity index (χ0) is 14.1. The summed E-state index contributed by atoms with van der Waals surface area (Å²) in [7, 11) is -3.93. The third kappa shape index (κ3) is 2.81. The Morgan fingerprint density at radius 3 is 2.58 bits per heavy atom. The van der Waals surface area contributed by atoms with Crippen molar-refractivity contribution in [2.75, 3.05) is 6.61 Å². The normalized spacial score (nSPS) is 18.6. The van der Waals surface area contributed by atoms with Crippen molar-refractivity contribution in [2.45, 2.75) is 36.1 Å². The van der Waals surface area contributed by atoms with Crippen molar-refractivity contribution in [3.05, 3.63) is 16.3 Å². The van der Waals surface area contributed by atoms with Crippen LogP contribution in [0.4, 0.5) is 0 Å². The number of hydrogen-bond acceptors (Lipinski definition) is 5. The van der Waals surface area contributed by atoms with Gasteiger partial charge in [-0.2, -0.15) is 0 Å². The Morgan fingerprint density at radius 2 is 2.05 bits per heavy atom. The molecule has 2 rings (SSSR count). The summed E-state index contributed by atoms with van der Waals surface area (Å²) >= 11 is 0.868. The Morgan fingerprint density at radius 1 is 1.42 bits per heavy atom. The van der Waals surface area contributed by atoms with Gasteiger partial charge in [-0.3, -0.25) is 0 Å². The summed E-state index contributed by atoms with van der Waals surface area (Å²) in [6, 6.07) is 1.27. The molecule has 106 valence electrons. The summed E-state index contributed by atoms with van der Waals surface area (Å²) in [5, 5.41) is 19.8. The molecule has 1 aromatic heterocycles. The smallest absolute Gasteiger partial charge is 0.347 e. The van der Waals surface area contributed by atoms with Crippen LogP contribution in [0.25, 0.3) is 0 Å². The Labute approximate surface area is 115 Å². The molecule has 1 aromatic rings. The first-order valence-corrected chi connectivity index (χ1v) is 8.22. The minimum atomic E-state index is -3.93. The quantitative estimate of drug-likeness (QED) is 0.754. The molecular weight excluding hydrogens is 290 g/mol. The van der Waals surface area contributed by atoms with Crippen molar-refractivity contribution in [3.8, 4) is 0 Å². The number of aromatic carboxylic acids is 1. The maximum absolute atomic E-state index is 12.3. The number of carbonyl (C=O) groups is 1. The van der Waals surface area contributed by atoms with Gasteiger partial charge in [0.05, 0.1) is 12.1 Å². The molecule has 0 aliphatic heterocycles. The first-order chi connectivity index (χ1) is 8.90. The highest BCUT2D eigenvalue weighted by molar-refractivity contribution is 7.89. The van der Waals surface area contributed by atoms with Gasteiger partial charge in [-0.05, 0) is 24.3 Å². The first-order valence-electron chi connectivity index (χ1n) is 5.86. The van der Waals surface area contributed by atoms with Crippen LogP contribution in [0.5, 0.6) is 0 Å². The summed E-state index contributed by atoms with van der Waals surface area (Å²) in [5.41, 5.74) is -0.851. The maximum atomic E-state index is 12.3. The Bertz CT molecular complexity index is 572. The van der Waals surface area contributed by atoms with Gasteiger partial charge < -0.3 is 10.2 Å². The van der Waals surface area contributed by atoms with Gasteiger partial charge in [-0.25, -0.2) is 17.9 Å². The van der Waals surface area contributed by atoms with Gasteiger partial charge in [0, 0.05) is 0 Å². The Kier molecular flexibility index (Phi) is 3.95. The van der Waals surface area contributed by atoms with Crippen LogP contribution in [-0.4, -0.2) is 36.7 Å². The Balaban J connectivity index is 2.32. The number of aliphatic hydroxyl groups is 1. The largest absolute Gasteiger partial charge is 0.477 e. The second-order valence-electron chi connectivity index (χ2n) is 4.67. The lowest BCUT2D eigenvalue weighted by molar-refractivity contribution is 0.0698. The number of hydrogen-bond donors (Lipinski definition) is 3. The van der Waals surface area contributed by atoms with E-state index in [1.165, 1.54) is 11.4 Å². The summed E-state index contributed by atoms with van der Waals surface area (Å²) in [6.45, 7) is -0.279. The molecule has 0 amide bonds. The van der Waals surface area contributed by atoms with Crippen molar-refractivity contribution >= 4 is 27.3 Å². The average Bonchev–Trinajstić information content (AvgIpc) is 2.96. The third-order valence-electron chi connectivity index (χ3n) is 3.33. The molecule has 0 radical (unpaired) electrons. The average molecular weight is 305 g/mol. The molecule has 8 heteroatoms. The highest BCUT2D eigenvalue weighted by Crippen LogP contribution is 2.32. The fraction of sp³-hybridized carbons (Fsp3) is 0.545. The van der Waals surface area contributed by atoms with Gasteiger partial charge in [0.2, 0.25) is 10.0 Å². The molecule has 1 saturated carbocycles. The molecule has 1 aliphatic carbocycles. The molecule has 0 spiro atoms. The fourth-order valence-electron chi connectivity index (χ4n) is 2.35. The zero-order valence-electron chi connectivity index (χ0n) is 10.1. The van der Waals surface area contributed by atoms with E-state index in [2.05, 4.69) is 4.72 Å². The van der Waals surface area contributed by atoms with E-state index in [-0.39, 0.29) is 16.4 Å². The lowest BCUT2D eigenvalue weighted by Crippen LogP contribution is -2.49. The Hall–Kier alpha value is -0.960. The van der Waals surface area contributed by atoms with Crippen LogP contribution in [0.1, 0.15) is 35.4 Å². The van der Waals surface area contributed by atoms with E-state index in [1.54, 1.807) is 0 Å². The second kappa shape index (κ2) is 5.20. The molecule has 0 saturated heterocycles. The first kappa shape index (κ1) is 14.4. The lowest BCUT2D eigenvalue weighted by Gasteiger charge is -2.27. The standard InChI is InChI=1S/C11H15NO5S2/c13-7-11(4-1-2-5-11)12-19(16,17)8-3-6-18-9(8)10(14)15/h3,6,12-13H,1-2,4-5,7H2,(H,14,15). The van der Waals surface area contributed by atoms with Gasteiger partial charge in [-0.15, -0.1) is 11.3 Å². The number of thiophene rings is 1. The van der Waals surface area contributed by atoms with Gasteiger partial charge in [0.25, 0.3) is 0 Å². The summed E-state index contributed by atoms with van der Waals surface area (Å²) in [6.07, 6.45) is 2.82. The number of nitrogens with one attached hydrogen (secondary N) is 1. The predicted octanol–water partition coefficient (Wildman–Crippen LogP) is 1.03. The van der Waals surface area contributed by atoms with E-state index in [4.69, 9.17) is 5.11 Å². The van der Waals surface area contributed by atoms with E-state index in [0.29, 0.717) is 12.8 Å². The zero-order valence-corrected chi connectivity index (χ0v) is 11.8. The van der Waals surface area contributed by atoms with Gasteiger partial charge in [-0.1, -0.05) is 12.8 Å². The molecule has 0 atom stereocenters. The van der Waals surface area contributed by atoms with Crippen molar-refractivity contribution in [1.29, 1.82) is 0 Å². The minimum absolute atomic E-state index is 0.210. The second-order valence-corrected chi connectivity index (χ2v) is 7.24. The van der Waals surface area contributed by atoms with Crippen molar-refractivity contribution in [1.82, 2.24) is 4.72 Å². The van der Waals surface area contributed by atoms with E-state index >= 15 is 0 Å². The summed E-state index contributed by atoms with van der Waals surface area (Å²) in [5.74, 6) is -1.26. The molecule has 1 fully saturated rings. The predicted molar refractivity (Wildman–Crippen MR) is 69.9 cm³/mol. The molecule has 0 unspecified atom stereocenters. The van der Waals surface area contributed by atoms with Crippen molar-refractivity contribution in [2.24, 2.45) is 0 Å². The number of carboxylic acids is 1. The van der Waals surface area contributed by atoms with E-state index < -0.39 is 21.5 Å². The molecule has 19 heavy (non-hydrogen) atoms. The van der Waals surface area contributed by atoms with Gasteiger partial charge >= 0.3 is 5.97 Å². The minimum Gasteiger partial charge on any atom is -0.477 e. The molecule has 1 aliphatic rings. The SMILES string of the molecule is O=C(O)c1sccc1S(=O)(=O)NC1(CO)CCCC1. The van der Waals surface area contributed by atoms with Crippen LogP contribution in [-0.2, 0) is 10.0 Å². The van der Waals surface area contributed by atoms with Gasteiger partial charge in [0.15, 0.2) is 0 Å². The molecular formula is C11H15NO5S2. The molecule has 6 nitrogen and oxygen atoms in total. The molecule has 0 bridgehead atoms. The topological polar surface area (TPSA) is 104 Å². The van der Waals surface area contributed by atoms with Crippen LogP contribution >= 0.6 is 11.3 Å². The number of carboxylic acid groups (broad SMARTS) is 1. The van der Waals surface area contributed by atoms with E-state index in [1.807, 2.05) is 0 Å². The monoisotopic (exact) mass is 305 g/mol.